The van der Waals surface area contributed by atoms with Crippen LogP contribution in [0.4, 0.5) is 0 Å². The van der Waals surface area contributed by atoms with E-state index in [0.717, 1.165) is 25.9 Å². The number of sulfone groups is 1. The Morgan fingerprint density at radius 3 is 2.00 bits per heavy atom. The summed E-state index contributed by atoms with van der Waals surface area (Å²) in [4.78, 5) is 2.52. The standard InChI is InChI=1S/C13H26N2O2S/c1-14-11-3-5-12(6-4-11)15-9-7-13(8-10-15)18(2,16)17/h11-14H,3-10H2,1-2H3. The Hall–Kier alpha value is -0.130. The fourth-order valence-electron chi connectivity index (χ4n) is 3.40. The highest BCUT2D eigenvalue weighted by Crippen LogP contribution is 2.27. The van der Waals surface area contributed by atoms with Crippen molar-refractivity contribution in [3.8, 4) is 0 Å². The molecule has 2 fully saturated rings. The smallest absolute Gasteiger partial charge is 0.150 e. The molecule has 1 heterocycles. The van der Waals surface area contributed by atoms with Crippen molar-refractivity contribution in [2.45, 2.75) is 55.9 Å². The number of nitrogens with one attached hydrogen (secondary N) is 1. The summed E-state index contributed by atoms with van der Waals surface area (Å²) in [5, 5.41) is 3.26. The molecule has 0 atom stereocenters. The number of rotatable bonds is 3. The molecule has 1 aliphatic carbocycles. The van der Waals surface area contributed by atoms with Gasteiger partial charge in [-0.1, -0.05) is 0 Å². The van der Waals surface area contributed by atoms with E-state index in [9.17, 15) is 8.42 Å². The fourth-order valence-corrected chi connectivity index (χ4v) is 4.47. The lowest BCUT2D eigenvalue weighted by atomic mass is 9.89. The van der Waals surface area contributed by atoms with Gasteiger partial charge in [0.05, 0.1) is 5.25 Å². The Morgan fingerprint density at radius 1 is 1.00 bits per heavy atom. The van der Waals surface area contributed by atoms with Crippen LogP contribution in [-0.4, -0.2) is 57.0 Å². The van der Waals surface area contributed by atoms with Crippen LogP contribution < -0.4 is 5.32 Å². The van der Waals surface area contributed by atoms with E-state index in [1.54, 1.807) is 0 Å². The van der Waals surface area contributed by atoms with E-state index in [1.165, 1.54) is 31.9 Å². The van der Waals surface area contributed by atoms with E-state index in [1.807, 2.05) is 7.05 Å². The van der Waals surface area contributed by atoms with Crippen LogP contribution in [0.25, 0.3) is 0 Å². The van der Waals surface area contributed by atoms with Gasteiger partial charge >= 0.3 is 0 Å². The molecule has 0 radical (unpaired) electrons. The van der Waals surface area contributed by atoms with Gasteiger partial charge in [0, 0.05) is 18.3 Å². The summed E-state index contributed by atoms with van der Waals surface area (Å²) in [6, 6.07) is 1.38. The van der Waals surface area contributed by atoms with Crippen molar-refractivity contribution in [3.05, 3.63) is 0 Å². The average molecular weight is 274 g/mol. The molecule has 1 saturated carbocycles. The Kier molecular flexibility index (Phi) is 4.67. The van der Waals surface area contributed by atoms with Crippen LogP contribution in [0.5, 0.6) is 0 Å². The largest absolute Gasteiger partial charge is 0.317 e. The molecule has 5 heteroatoms. The molecular weight excluding hydrogens is 248 g/mol. The van der Waals surface area contributed by atoms with Crippen LogP contribution in [0.3, 0.4) is 0 Å². The van der Waals surface area contributed by atoms with Crippen LogP contribution in [0, 0.1) is 0 Å². The van der Waals surface area contributed by atoms with Crippen molar-refractivity contribution in [1.29, 1.82) is 0 Å². The molecule has 1 N–H and O–H groups in total. The van der Waals surface area contributed by atoms with Crippen molar-refractivity contribution in [2.75, 3.05) is 26.4 Å². The summed E-state index contributed by atoms with van der Waals surface area (Å²) in [6.45, 7) is 1.93. The Bertz CT molecular complexity index is 353. The molecule has 0 aromatic rings. The van der Waals surface area contributed by atoms with E-state index in [4.69, 9.17) is 0 Å². The van der Waals surface area contributed by atoms with Crippen molar-refractivity contribution in [1.82, 2.24) is 10.2 Å². The maximum atomic E-state index is 11.5. The van der Waals surface area contributed by atoms with Gasteiger partial charge in [-0.15, -0.1) is 0 Å². The van der Waals surface area contributed by atoms with Gasteiger partial charge in [0.2, 0.25) is 0 Å². The maximum absolute atomic E-state index is 11.5. The van der Waals surface area contributed by atoms with Gasteiger partial charge in [-0.3, -0.25) is 0 Å². The first-order chi connectivity index (χ1) is 8.50. The highest BCUT2D eigenvalue weighted by molar-refractivity contribution is 7.91. The lowest BCUT2D eigenvalue weighted by Crippen LogP contribution is -2.47. The first-order valence-electron chi connectivity index (χ1n) is 7.11. The van der Waals surface area contributed by atoms with Gasteiger partial charge in [-0.2, -0.15) is 0 Å². The Balaban J connectivity index is 1.80. The summed E-state index contributed by atoms with van der Waals surface area (Å²) < 4.78 is 23.0. The monoisotopic (exact) mass is 274 g/mol. The second-order valence-corrected chi connectivity index (χ2v) is 8.18. The number of likely N-dealkylation sites (tertiary alicyclic amines) is 1. The zero-order valence-corrected chi connectivity index (χ0v) is 12.4. The summed E-state index contributed by atoms with van der Waals surface area (Å²) in [6.07, 6.45) is 8.06. The molecule has 0 aromatic heterocycles. The van der Waals surface area contributed by atoms with Crippen molar-refractivity contribution in [2.24, 2.45) is 0 Å². The zero-order chi connectivity index (χ0) is 13.2. The quantitative estimate of drug-likeness (QED) is 0.835. The van der Waals surface area contributed by atoms with E-state index in [2.05, 4.69) is 10.2 Å². The van der Waals surface area contributed by atoms with Gasteiger partial charge in [0.25, 0.3) is 0 Å². The second-order valence-electron chi connectivity index (χ2n) is 5.86. The summed E-state index contributed by atoms with van der Waals surface area (Å²) in [5.74, 6) is 0. The third kappa shape index (κ3) is 3.45. The van der Waals surface area contributed by atoms with E-state index in [-0.39, 0.29) is 5.25 Å². The van der Waals surface area contributed by atoms with Gasteiger partial charge in [-0.25, -0.2) is 8.42 Å². The minimum absolute atomic E-state index is 0.0950. The van der Waals surface area contributed by atoms with Gasteiger partial charge in [0.15, 0.2) is 0 Å². The molecule has 1 aliphatic heterocycles. The fraction of sp³-hybridized carbons (Fsp3) is 1.00. The molecular formula is C13H26N2O2S. The van der Waals surface area contributed by atoms with E-state index in [0.29, 0.717) is 12.1 Å². The summed E-state index contributed by atoms with van der Waals surface area (Å²) in [7, 11) is -0.785. The second kappa shape index (κ2) is 5.88. The molecule has 18 heavy (non-hydrogen) atoms. The Morgan fingerprint density at radius 2 is 1.56 bits per heavy atom. The number of piperidine rings is 1. The maximum Gasteiger partial charge on any atom is 0.150 e. The Labute approximate surface area is 111 Å². The van der Waals surface area contributed by atoms with Gasteiger partial charge in [0.1, 0.15) is 9.84 Å². The SMILES string of the molecule is CNC1CCC(N2CCC(S(C)(=O)=O)CC2)CC1. The molecule has 2 rings (SSSR count). The molecule has 0 aromatic carbocycles. The lowest BCUT2D eigenvalue weighted by Gasteiger charge is -2.40. The lowest BCUT2D eigenvalue weighted by molar-refractivity contribution is 0.123. The predicted molar refractivity (Wildman–Crippen MR) is 74.5 cm³/mol. The first kappa shape index (κ1) is 14.3. The third-order valence-corrected chi connectivity index (χ3v) is 6.39. The van der Waals surface area contributed by atoms with Crippen LogP contribution in [0.1, 0.15) is 38.5 Å². The topological polar surface area (TPSA) is 49.4 Å². The van der Waals surface area contributed by atoms with Crippen molar-refractivity contribution >= 4 is 9.84 Å². The normalized spacial score (nSPS) is 32.6. The van der Waals surface area contributed by atoms with Crippen molar-refractivity contribution < 1.29 is 8.42 Å². The van der Waals surface area contributed by atoms with Crippen LogP contribution in [0.2, 0.25) is 0 Å². The van der Waals surface area contributed by atoms with E-state index >= 15 is 0 Å². The highest BCUT2D eigenvalue weighted by atomic mass is 32.2. The molecule has 1 saturated heterocycles. The molecule has 4 nitrogen and oxygen atoms in total. The number of nitrogens with zero attached hydrogens (tertiary/aromatic N) is 1. The molecule has 0 amide bonds. The van der Waals surface area contributed by atoms with Crippen molar-refractivity contribution in [3.63, 3.8) is 0 Å². The molecule has 2 aliphatic rings. The molecule has 0 spiro atoms. The third-order valence-electron chi connectivity index (χ3n) is 4.70. The van der Waals surface area contributed by atoms with Gasteiger partial charge < -0.3 is 10.2 Å². The molecule has 0 unspecified atom stereocenters. The van der Waals surface area contributed by atoms with Crippen LogP contribution in [0.15, 0.2) is 0 Å². The van der Waals surface area contributed by atoms with Crippen LogP contribution in [-0.2, 0) is 9.84 Å². The summed E-state index contributed by atoms with van der Waals surface area (Å²) in [5.41, 5.74) is 0. The molecule has 106 valence electrons. The first-order valence-corrected chi connectivity index (χ1v) is 9.06. The average Bonchev–Trinajstić information content (AvgIpc) is 2.38. The number of hydrogen-bond donors (Lipinski definition) is 1. The predicted octanol–water partition coefficient (Wildman–Crippen LogP) is 1.03. The zero-order valence-electron chi connectivity index (χ0n) is 11.6. The number of hydrogen-bond acceptors (Lipinski definition) is 4. The minimum Gasteiger partial charge on any atom is -0.317 e. The van der Waals surface area contributed by atoms with Crippen LogP contribution >= 0.6 is 0 Å². The van der Waals surface area contributed by atoms with E-state index < -0.39 is 9.84 Å². The van der Waals surface area contributed by atoms with Gasteiger partial charge in [-0.05, 0) is 58.7 Å². The minimum atomic E-state index is -2.83. The summed E-state index contributed by atoms with van der Waals surface area (Å²) >= 11 is 0. The highest BCUT2D eigenvalue weighted by Gasteiger charge is 2.31. The molecule has 0 bridgehead atoms.